The number of nitrogens with zero attached hydrogens (tertiary/aromatic N) is 1. The van der Waals surface area contributed by atoms with E-state index in [-0.39, 0.29) is 12.2 Å². The molecule has 0 spiro atoms. The van der Waals surface area contributed by atoms with Gasteiger partial charge in [-0.3, -0.25) is 0 Å². The van der Waals surface area contributed by atoms with Crippen LogP contribution in [0.1, 0.15) is 22.3 Å². The maximum absolute atomic E-state index is 12.4. The van der Waals surface area contributed by atoms with Gasteiger partial charge in [-0.15, -0.1) is 0 Å². The van der Waals surface area contributed by atoms with Gasteiger partial charge in [-0.25, -0.2) is 9.59 Å². The molecule has 0 aliphatic rings. The zero-order valence-corrected chi connectivity index (χ0v) is 16.3. The summed E-state index contributed by atoms with van der Waals surface area (Å²) in [6.45, 7) is 3.71. The Morgan fingerprint density at radius 3 is 2.66 bits per heavy atom. The fourth-order valence-electron chi connectivity index (χ4n) is 2.86. The minimum atomic E-state index is -0.777. The summed E-state index contributed by atoms with van der Waals surface area (Å²) in [5, 5.41) is 10.0. The van der Waals surface area contributed by atoms with Crippen LogP contribution < -0.4 is 10.4 Å². The maximum atomic E-state index is 12.4. The first-order chi connectivity index (χ1) is 13.9. The number of hydrogen-bond donors (Lipinski definition) is 0. The fraction of sp³-hybridized carbons (Fsp3) is 0.174. The molecule has 6 nitrogen and oxygen atoms in total. The predicted molar refractivity (Wildman–Crippen MR) is 108 cm³/mol. The standard InChI is InChI=1S/C23H19NO5/c1-14-7-20-18(11-22(25)29-21(20)8-15(14)2)13-28-23(26)17(12-24)9-16-5-4-6-19(10-16)27-3/h4-11H,13H2,1-3H3/b17-9+. The number of nitriles is 1. The number of rotatable bonds is 5. The third-order valence-corrected chi connectivity index (χ3v) is 4.55. The van der Waals surface area contributed by atoms with Gasteiger partial charge in [0.05, 0.1) is 7.11 Å². The highest BCUT2D eigenvalue weighted by Gasteiger charge is 2.14. The summed E-state index contributed by atoms with van der Waals surface area (Å²) in [5.41, 5.74) is 2.91. The van der Waals surface area contributed by atoms with Crippen molar-refractivity contribution in [1.29, 1.82) is 5.26 Å². The lowest BCUT2D eigenvalue weighted by molar-refractivity contribution is -0.139. The number of ether oxygens (including phenoxy) is 2. The fourth-order valence-corrected chi connectivity index (χ4v) is 2.86. The van der Waals surface area contributed by atoms with Gasteiger partial charge in [0.1, 0.15) is 29.6 Å². The number of benzene rings is 2. The Bertz CT molecular complexity index is 1210. The molecule has 0 aliphatic carbocycles. The number of hydrogen-bond acceptors (Lipinski definition) is 6. The molecule has 3 aromatic rings. The molecule has 0 radical (unpaired) electrons. The number of fused-ring (bicyclic) bond motifs is 1. The Labute approximate surface area is 167 Å². The van der Waals surface area contributed by atoms with Crippen molar-refractivity contribution in [2.45, 2.75) is 20.5 Å². The molecule has 29 heavy (non-hydrogen) atoms. The van der Waals surface area contributed by atoms with E-state index in [1.165, 1.54) is 19.3 Å². The molecule has 146 valence electrons. The summed E-state index contributed by atoms with van der Waals surface area (Å²) in [6.07, 6.45) is 1.43. The highest BCUT2D eigenvalue weighted by molar-refractivity contribution is 5.98. The molecule has 0 unspecified atom stereocenters. The van der Waals surface area contributed by atoms with E-state index >= 15 is 0 Å². The third-order valence-electron chi connectivity index (χ3n) is 4.55. The van der Waals surface area contributed by atoms with Crippen molar-refractivity contribution in [2.75, 3.05) is 7.11 Å². The highest BCUT2D eigenvalue weighted by atomic mass is 16.5. The minimum Gasteiger partial charge on any atom is -0.497 e. The summed E-state index contributed by atoms with van der Waals surface area (Å²) in [4.78, 5) is 24.3. The van der Waals surface area contributed by atoms with Gasteiger partial charge in [0.25, 0.3) is 0 Å². The van der Waals surface area contributed by atoms with Crippen molar-refractivity contribution in [3.8, 4) is 11.8 Å². The lowest BCUT2D eigenvalue weighted by Crippen LogP contribution is -2.09. The normalized spacial score (nSPS) is 11.2. The van der Waals surface area contributed by atoms with Gasteiger partial charge >= 0.3 is 11.6 Å². The first-order valence-corrected chi connectivity index (χ1v) is 8.88. The quantitative estimate of drug-likeness (QED) is 0.283. The molecule has 0 saturated carbocycles. The average molecular weight is 389 g/mol. The van der Waals surface area contributed by atoms with Crippen molar-refractivity contribution in [1.82, 2.24) is 0 Å². The molecular weight excluding hydrogens is 370 g/mol. The zero-order valence-electron chi connectivity index (χ0n) is 16.3. The molecule has 0 amide bonds. The van der Waals surface area contributed by atoms with E-state index in [9.17, 15) is 14.9 Å². The first-order valence-electron chi connectivity index (χ1n) is 8.88. The molecule has 1 aromatic heterocycles. The van der Waals surface area contributed by atoms with Crippen molar-refractivity contribution in [3.63, 3.8) is 0 Å². The van der Waals surface area contributed by atoms with Crippen LogP contribution in [-0.2, 0) is 16.1 Å². The number of aryl methyl sites for hydroxylation is 2. The zero-order chi connectivity index (χ0) is 21.0. The van der Waals surface area contributed by atoms with Crippen LogP contribution >= 0.6 is 0 Å². The number of methoxy groups -OCH3 is 1. The SMILES string of the molecule is COc1cccc(/C=C(\C#N)C(=O)OCc2cc(=O)oc3cc(C)c(C)cc23)c1. The lowest BCUT2D eigenvalue weighted by atomic mass is 10.0. The molecule has 0 atom stereocenters. The van der Waals surface area contributed by atoms with E-state index in [2.05, 4.69) is 0 Å². The molecule has 1 heterocycles. The van der Waals surface area contributed by atoms with E-state index < -0.39 is 11.6 Å². The van der Waals surface area contributed by atoms with E-state index in [0.717, 1.165) is 11.1 Å². The number of esters is 1. The van der Waals surface area contributed by atoms with Crippen LogP contribution in [0, 0.1) is 25.2 Å². The van der Waals surface area contributed by atoms with Crippen molar-refractivity contribution in [3.05, 3.63) is 80.7 Å². The largest absolute Gasteiger partial charge is 0.497 e. The summed E-state index contributed by atoms with van der Waals surface area (Å²) in [6, 6.07) is 13.8. The van der Waals surface area contributed by atoms with Crippen LogP contribution in [0.2, 0.25) is 0 Å². The average Bonchev–Trinajstić information content (AvgIpc) is 2.71. The van der Waals surface area contributed by atoms with E-state index in [1.807, 2.05) is 26.0 Å². The second-order valence-electron chi connectivity index (χ2n) is 6.55. The highest BCUT2D eigenvalue weighted by Crippen LogP contribution is 2.22. The summed E-state index contributed by atoms with van der Waals surface area (Å²) in [5.74, 6) is -0.168. The second-order valence-corrected chi connectivity index (χ2v) is 6.55. The minimum absolute atomic E-state index is 0.152. The number of carbonyl (C=O) groups excluding carboxylic acids is 1. The van der Waals surface area contributed by atoms with Gasteiger partial charge in [0.2, 0.25) is 0 Å². The number of carbonyl (C=O) groups is 1. The van der Waals surface area contributed by atoms with E-state index in [0.29, 0.717) is 27.8 Å². The van der Waals surface area contributed by atoms with Crippen LogP contribution in [0.25, 0.3) is 17.0 Å². The smallest absolute Gasteiger partial charge is 0.349 e. The maximum Gasteiger partial charge on any atom is 0.349 e. The molecule has 0 N–H and O–H groups in total. The Morgan fingerprint density at radius 2 is 1.93 bits per heavy atom. The first kappa shape index (κ1) is 19.9. The molecule has 6 heteroatoms. The van der Waals surface area contributed by atoms with Crippen LogP contribution in [0.5, 0.6) is 5.75 Å². The van der Waals surface area contributed by atoms with Crippen molar-refractivity contribution in [2.24, 2.45) is 0 Å². The molecule has 0 fully saturated rings. The molecule has 3 rings (SSSR count). The van der Waals surface area contributed by atoms with Gasteiger partial charge in [0, 0.05) is 17.0 Å². The monoisotopic (exact) mass is 389 g/mol. The van der Waals surface area contributed by atoms with Crippen molar-refractivity contribution < 1.29 is 18.7 Å². The Kier molecular flexibility index (Phi) is 5.79. The van der Waals surface area contributed by atoms with E-state index in [1.54, 1.807) is 30.3 Å². The van der Waals surface area contributed by atoms with Crippen LogP contribution in [0.15, 0.2) is 57.2 Å². The Hall–Kier alpha value is -3.85. The summed E-state index contributed by atoms with van der Waals surface area (Å²) >= 11 is 0. The van der Waals surface area contributed by atoms with Gasteiger partial charge in [-0.1, -0.05) is 12.1 Å². The van der Waals surface area contributed by atoms with Crippen LogP contribution in [0.4, 0.5) is 0 Å². The van der Waals surface area contributed by atoms with Crippen LogP contribution in [-0.4, -0.2) is 13.1 Å². The topological polar surface area (TPSA) is 89.5 Å². The summed E-state index contributed by atoms with van der Waals surface area (Å²) in [7, 11) is 1.53. The summed E-state index contributed by atoms with van der Waals surface area (Å²) < 4.78 is 15.7. The Balaban J connectivity index is 1.86. The lowest BCUT2D eigenvalue weighted by Gasteiger charge is -2.09. The van der Waals surface area contributed by atoms with Gasteiger partial charge in [-0.2, -0.15) is 5.26 Å². The molecule has 2 aromatic carbocycles. The molecule has 0 bridgehead atoms. The van der Waals surface area contributed by atoms with Gasteiger partial charge in [-0.05, 0) is 60.9 Å². The second kappa shape index (κ2) is 8.44. The van der Waals surface area contributed by atoms with Gasteiger partial charge < -0.3 is 13.9 Å². The van der Waals surface area contributed by atoms with Crippen LogP contribution in [0.3, 0.4) is 0 Å². The molecule has 0 saturated heterocycles. The predicted octanol–water partition coefficient (Wildman–Crippen LogP) is 4.07. The van der Waals surface area contributed by atoms with Gasteiger partial charge in [0.15, 0.2) is 0 Å². The Morgan fingerprint density at radius 1 is 1.17 bits per heavy atom. The van der Waals surface area contributed by atoms with E-state index in [4.69, 9.17) is 13.9 Å². The third kappa shape index (κ3) is 4.53. The molecular formula is C23H19NO5. The van der Waals surface area contributed by atoms with Crippen molar-refractivity contribution >= 4 is 23.0 Å². The molecule has 0 aliphatic heterocycles.